The highest BCUT2D eigenvalue weighted by molar-refractivity contribution is 6.31. The van der Waals surface area contributed by atoms with Crippen LogP contribution in [0.4, 0.5) is 5.69 Å². The zero-order chi connectivity index (χ0) is 23.9. The summed E-state index contributed by atoms with van der Waals surface area (Å²) in [6.07, 6.45) is 3.99. The molecule has 1 aliphatic heterocycles. The number of nitrogens with zero attached hydrogens (tertiary/aromatic N) is 3. The number of H-pyrrole nitrogens is 1. The van der Waals surface area contributed by atoms with E-state index in [-0.39, 0.29) is 5.91 Å². The molecule has 0 saturated carbocycles. The smallest absolute Gasteiger partial charge is 0.227 e. The lowest BCUT2D eigenvalue weighted by Crippen LogP contribution is -2.36. The molecular formula is C27H28ClN5O. The van der Waals surface area contributed by atoms with Crippen LogP contribution < -0.4 is 10.6 Å². The van der Waals surface area contributed by atoms with Gasteiger partial charge in [-0.3, -0.25) is 9.78 Å². The summed E-state index contributed by atoms with van der Waals surface area (Å²) in [6, 6.07) is 18.1. The second kappa shape index (κ2) is 8.76. The molecule has 2 aromatic heterocycles. The van der Waals surface area contributed by atoms with E-state index >= 15 is 0 Å². The van der Waals surface area contributed by atoms with Crippen molar-refractivity contribution in [2.75, 3.05) is 18.0 Å². The number of benzene rings is 2. The van der Waals surface area contributed by atoms with Gasteiger partial charge in [-0.05, 0) is 74.7 Å². The van der Waals surface area contributed by atoms with Crippen LogP contribution in [0.3, 0.4) is 0 Å². The molecule has 7 heteroatoms. The molecule has 1 saturated heterocycles. The molecule has 3 heterocycles. The molecule has 0 spiro atoms. The van der Waals surface area contributed by atoms with E-state index in [1.807, 2.05) is 50.4 Å². The van der Waals surface area contributed by atoms with Gasteiger partial charge in [-0.2, -0.15) is 0 Å². The van der Waals surface area contributed by atoms with Crippen molar-refractivity contribution in [3.8, 4) is 11.4 Å². The Hall–Kier alpha value is -3.38. The highest BCUT2D eigenvalue weighted by atomic mass is 35.5. The van der Waals surface area contributed by atoms with Crippen molar-refractivity contribution in [3.63, 3.8) is 0 Å². The van der Waals surface area contributed by atoms with E-state index in [0.29, 0.717) is 10.9 Å². The number of amides is 1. The van der Waals surface area contributed by atoms with Gasteiger partial charge in [-0.25, -0.2) is 4.98 Å². The number of primary amides is 1. The molecule has 6 nitrogen and oxygen atoms in total. The maximum atomic E-state index is 11.7. The van der Waals surface area contributed by atoms with Gasteiger partial charge in [-0.1, -0.05) is 23.7 Å². The predicted octanol–water partition coefficient (Wildman–Crippen LogP) is 5.43. The molecule has 2 aromatic carbocycles. The molecule has 1 fully saturated rings. The predicted molar refractivity (Wildman–Crippen MR) is 137 cm³/mol. The van der Waals surface area contributed by atoms with E-state index in [4.69, 9.17) is 22.3 Å². The SMILES string of the molecule is CC(C)(C(N)=O)c1ccc(N2CCC(c3ccc(-c4nc5cc(Cl)ccc5[nH]4)cn3)CC2)cc1. The minimum absolute atomic E-state index is 0.315. The molecule has 0 atom stereocenters. The van der Waals surface area contributed by atoms with Gasteiger partial charge in [0.25, 0.3) is 0 Å². The Bertz CT molecular complexity index is 1320. The van der Waals surface area contributed by atoms with Gasteiger partial charge in [0, 0.05) is 47.2 Å². The normalized spacial score (nSPS) is 15.1. The van der Waals surface area contributed by atoms with Crippen molar-refractivity contribution in [2.45, 2.75) is 38.0 Å². The Balaban J connectivity index is 1.23. The first-order valence-electron chi connectivity index (χ1n) is 11.6. The van der Waals surface area contributed by atoms with E-state index in [1.165, 1.54) is 5.69 Å². The number of hydrogen-bond donors (Lipinski definition) is 2. The summed E-state index contributed by atoms with van der Waals surface area (Å²) in [5, 5.41) is 0.677. The van der Waals surface area contributed by atoms with E-state index in [2.05, 4.69) is 39.1 Å². The van der Waals surface area contributed by atoms with Gasteiger partial charge in [0.2, 0.25) is 5.91 Å². The van der Waals surface area contributed by atoms with Crippen LogP contribution in [0.2, 0.25) is 5.02 Å². The van der Waals surface area contributed by atoms with Crippen molar-refractivity contribution in [1.82, 2.24) is 15.0 Å². The Morgan fingerprint density at radius 3 is 2.47 bits per heavy atom. The molecular weight excluding hydrogens is 446 g/mol. The number of nitrogens with two attached hydrogens (primary N) is 1. The van der Waals surface area contributed by atoms with Crippen molar-refractivity contribution in [2.24, 2.45) is 5.73 Å². The van der Waals surface area contributed by atoms with Gasteiger partial charge in [0.15, 0.2) is 0 Å². The number of hydrogen-bond acceptors (Lipinski definition) is 4. The molecule has 5 rings (SSSR count). The summed E-state index contributed by atoms with van der Waals surface area (Å²) < 4.78 is 0. The third kappa shape index (κ3) is 4.26. The number of fused-ring (bicyclic) bond motifs is 1. The van der Waals surface area contributed by atoms with Crippen LogP contribution in [-0.2, 0) is 10.2 Å². The number of piperidine rings is 1. The molecule has 0 unspecified atom stereocenters. The first-order chi connectivity index (χ1) is 16.3. The van der Waals surface area contributed by atoms with Crippen molar-refractivity contribution in [1.29, 1.82) is 0 Å². The highest BCUT2D eigenvalue weighted by Gasteiger charge is 2.28. The first kappa shape index (κ1) is 22.4. The van der Waals surface area contributed by atoms with Gasteiger partial charge >= 0.3 is 0 Å². The lowest BCUT2D eigenvalue weighted by Gasteiger charge is -2.34. The number of carbonyl (C=O) groups excluding carboxylic acids is 1. The zero-order valence-electron chi connectivity index (χ0n) is 19.4. The van der Waals surface area contributed by atoms with Crippen LogP contribution in [0.15, 0.2) is 60.8 Å². The number of halogens is 1. The summed E-state index contributed by atoms with van der Waals surface area (Å²) in [5.41, 5.74) is 10.9. The minimum atomic E-state index is -0.668. The van der Waals surface area contributed by atoms with Crippen LogP contribution in [0.25, 0.3) is 22.4 Å². The largest absolute Gasteiger partial charge is 0.371 e. The van der Waals surface area contributed by atoms with Crippen LogP contribution in [-0.4, -0.2) is 33.9 Å². The summed E-state index contributed by atoms with van der Waals surface area (Å²) in [4.78, 5) is 26.9. The minimum Gasteiger partial charge on any atom is -0.371 e. The van der Waals surface area contributed by atoms with Crippen molar-refractivity contribution >= 4 is 34.2 Å². The summed E-state index contributed by atoms with van der Waals surface area (Å²) in [5.74, 6) is 0.922. The molecule has 0 aliphatic carbocycles. The molecule has 0 bridgehead atoms. The standard InChI is InChI=1S/C27H28ClN5O/c1-27(2,26(29)34)19-4-7-21(8-5-19)33-13-11-17(12-14-33)22-9-3-18(16-30-22)25-31-23-10-6-20(28)15-24(23)32-25/h3-10,15-17H,11-14H2,1-2H3,(H2,29,34)(H,31,32). The first-order valence-corrected chi connectivity index (χ1v) is 12.0. The molecule has 3 N–H and O–H groups in total. The van der Waals surface area contributed by atoms with Gasteiger partial charge in [-0.15, -0.1) is 0 Å². The number of rotatable bonds is 5. The third-order valence-electron chi connectivity index (χ3n) is 6.99. The van der Waals surface area contributed by atoms with E-state index in [1.54, 1.807) is 0 Å². The summed E-state index contributed by atoms with van der Waals surface area (Å²) in [6.45, 7) is 5.66. The van der Waals surface area contributed by atoms with Crippen LogP contribution in [0, 0.1) is 0 Å². The Morgan fingerprint density at radius 2 is 1.82 bits per heavy atom. The van der Waals surface area contributed by atoms with Crippen LogP contribution >= 0.6 is 11.6 Å². The van der Waals surface area contributed by atoms with E-state index < -0.39 is 5.41 Å². The van der Waals surface area contributed by atoms with Crippen LogP contribution in [0.5, 0.6) is 0 Å². The van der Waals surface area contributed by atoms with E-state index in [0.717, 1.165) is 59.6 Å². The quantitative estimate of drug-likeness (QED) is 0.404. The average molecular weight is 474 g/mol. The number of pyridine rings is 1. The lowest BCUT2D eigenvalue weighted by atomic mass is 9.84. The fraction of sp³-hybridized carbons (Fsp3) is 0.296. The fourth-order valence-electron chi connectivity index (χ4n) is 4.57. The van der Waals surface area contributed by atoms with Gasteiger partial charge in [0.05, 0.1) is 16.4 Å². The Morgan fingerprint density at radius 1 is 1.09 bits per heavy atom. The Labute approximate surface area is 204 Å². The van der Waals surface area contributed by atoms with E-state index in [9.17, 15) is 4.79 Å². The zero-order valence-corrected chi connectivity index (χ0v) is 20.1. The fourth-order valence-corrected chi connectivity index (χ4v) is 4.73. The average Bonchev–Trinajstić information content (AvgIpc) is 3.27. The maximum absolute atomic E-state index is 11.7. The highest BCUT2D eigenvalue weighted by Crippen LogP contribution is 2.32. The molecule has 34 heavy (non-hydrogen) atoms. The molecule has 174 valence electrons. The second-order valence-corrected chi connectivity index (χ2v) is 9.95. The molecule has 1 amide bonds. The number of imidazole rings is 1. The Kier molecular flexibility index (Phi) is 5.78. The van der Waals surface area contributed by atoms with Gasteiger partial charge < -0.3 is 15.6 Å². The third-order valence-corrected chi connectivity index (χ3v) is 7.22. The lowest BCUT2D eigenvalue weighted by molar-refractivity contribution is -0.122. The second-order valence-electron chi connectivity index (χ2n) is 9.52. The van der Waals surface area contributed by atoms with Crippen molar-refractivity contribution in [3.05, 3.63) is 77.1 Å². The van der Waals surface area contributed by atoms with Gasteiger partial charge in [0.1, 0.15) is 5.82 Å². The summed E-state index contributed by atoms with van der Waals surface area (Å²) >= 11 is 6.08. The summed E-state index contributed by atoms with van der Waals surface area (Å²) in [7, 11) is 0. The molecule has 4 aromatic rings. The number of aromatic nitrogens is 3. The monoisotopic (exact) mass is 473 g/mol. The van der Waals surface area contributed by atoms with Crippen molar-refractivity contribution < 1.29 is 4.79 Å². The number of nitrogens with one attached hydrogen (secondary N) is 1. The number of aromatic amines is 1. The maximum Gasteiger partial charge on any atom is 0.227 e. The van der Waals surface area contributed by atoms with Crippen LogP contribution in [0.1, 0.15) is 43.9 Å². The molecule has 0 radical (unpaired) electrons. The number of carbonyl (C=O) groups is 1. The molecule has 1 aliphatic rings. The number of anilines is 1. The topological polar surface area (TPSA) is 87.9 Å².